The molecule has 0 unspecified atom stereocenters. The Morgan fingerprint density at radius 3 is 2.48 bits per heavy atom. The number of nitrogens with zero attached hydrogens (tertiary/aromatic N) is 4. The van der Waals surface area contributed by atoms with Crippen LogP contribution in [0.15, 0.2) is 46.7 Å². The van der Waals surface area contributed by atoms with Crippen LogP contribution in [-0.2, 0) is 20.9 Å². The van der Waals surface area contributed by atoms with Crippen molar-refractivity contribution >= 4 is 23.5 Å². The highest BCUT2D eigenvalue weighted by Crippen LogP contribution is 2.34. The molecule has 0 radical (unpaired) electrons. The molecule has 2 amide bonds. The fraction of sp³-hybridized carbons (Fsp3) is 0.318. The highest BCUT2D eigenvalue weighted by molar-refractivity contribution is 6.25. The molecule has 0 aromatic heterocycles. The lowest BCUT2D eigenvalue weighted by atomic mass is 10.1. The quantitative estimate of drug-likeness (QED) is 0.542. The number of hydrogen-bond acceptors (Lipinski definition) is 8. The lowest BCUT2D eigenvalue weighted by molar-refractivity contribution is -0.123. The van der Waals surface area contributed by atoms with E-state index < -0.39 is 24.0 Å². The van der Waals surface area contributed by atoms with Crippen LogP contribution in [0.25, 0.3) is 0 Å². The van der Waals surface area contributed by atoms with Gasteiger partial charge in [-0.15, -0.1) is 0 Å². The molecule has 160 valence electrons. The van der Waals surface area contributed by atoms with Gasteiger partial charge in [-0.1, -0.05) is 11.3 Å². The zero-order valence-electron chi connectivity index (χ0n) is 17.7. The number of amides is 2. The van der Waals surface area contributed by atoms with Gasteiger partial charge in [-0.25, -0.2) is 9.69 Å². The first-order valence-electron chi connectivity index (χ1n) is 9.73. The van der Waals surface area contributed by atoms with Gasteiger partial charge in [0.05, 0.1) is 32.0 Å². The molecule has 0 aliphatic carbocycles. The van der Waals surface area contributed by atoms with E-state index in [1.165, 1.54) is 24.1 Å². The zero-order valence-corrected chi connectivity index (χ0v) is 17.7. The summed E-state index contributed by atoms with van der Waals surface area (Å²) in [4.78, 5) is 39.2. The van der Waals surface area contributed by atoms with Crippen molar-refractivity contribution in [1.82, 2.24) is 5.01 Å². The summed E-state index contributed by atoms with van der Waals surface area (Å²) in [5.41, 5.74) is 3.54. The fourth-order valence-electron chi connectivity index (χ4n) is 3.79. The molecule has 1 fully saturated rings. The maximum atomic E-state index is 13.2. The molecule has 9 nitrogen and oxygen atoms in total. The van der Waals surface area contributed by atoms with E-state index in [-0.39, 0.29) is 12.5 Å². The molecule has 1 saturated heterocycles. The summed E-state index contributed by atoms with van der Waals surface area (Å²) >= 11 is 0. The number of hydrogen-bond donors (Lipinski definition) is 0. The van der Waals surface area contributed by atoms with E-state index in [1.807, 2.05) is 26.0 Å². The molecule has 0 bridgehead atoms. The summed E-state index contributed by atoms with van der Waals surface area (Å²) in [6.45, 7) is 4.03. The Hall–Kier alpha value is -3.75. The van der Waals surface area contributed by atoms with E-state index in [4.69, 9.17) is 9.47 Å². The van der Waals surface area contributed by atoms with Gasteiger partial charge < -0.3 is 9.47 Å². The van der Waals surface area contributed by atoms with Crippen molar-refractivity contribution in [2.45, 2.75) is 32.5 Å². The number of methoxy groups -OCH3 is 2. The number of imide groups is 1. The maximum Gasteiger partial charge on any atom is 0.337 e. The van der Waals surface area contributed by atoms with Gasteiger partial charge in [-0.3, -0.25) is 14.6 Å². The normalized spacial score (nSPS) is 19.7. The number of rotatable bonds is 5. The van der Waals surface area contributed by atoms with E-state index >= 15 is 0 Å². The minimum absolute atomic E-state index is 0.137. The van der Waals surface area contributed by atoms with Crippen LogP contribution in [0.5, 0.6) is 5.75 Å². The number of anilines is 1. The Bertz CT molecular complexity index is 1110. The molecular formula is C22H22N4O5. The number of esters is 1. The molecule has 0 spiro atoms. The minimum atomic E-state index is -0.899. The molecule has 2 aromatic carbocycles. The average molecular weight is 422 g/mol. The molecule has 2 aliphatic heterocycles. The van der Waals surface area contributed by atoms with Gasteiger partial charge in [0.25, 0.3) is 11.8 Å². The van der Waals surface area contributed by atoms with Gasteiger partial charge in [0, 0.05) is 5.56 Å². The lowest BCUT2D eigenvalue weighted by Crippen LogP contribution is -2.39. The Kier molecular flexibility index (Phi) is 5.18. The second-order valence-corrected chi connectivity index (χ2v) is 7.49. The largest absolute Gasteiger partial charge is 0.496 e. The van der Waals surface area contributed by atoms with Crippen molar-refractivity contribution in [3.8, 4) is 5.75 Å². The van der Waals surface area contributed by atoms with Gasteiger partial charge in [-0.2, -0.15) is 5.11 Å². The zero-order chi connectivity index (χ0) is 22.3. The number of fused-ring (bicyclic) bond motifs is 1. The lowest BCUT2D eigenvalue weighted by Gasteiger charge is -2.22. The van der Waals surface area contributed by atoms with Crippen LogP contribution in [-0.4, -0.2) is 49.1 Å². The van der Waals surface area contributed by atoms with Gasteiger partial charge in [0.15, 0.2) is 12.1 Å². The van der Waals surface area contributed by atoms with Crippen molar-refractivity contribution < 1.29 is 23.9 Å². The topological polar surface area (TPSA) is 101 Å². The van der Waals surface area contributed by atoms with Crippen LogP contribution in [0, 0.1) is 13.8 Å². The smallest absolute Gasteiger partial charge is 0.337 e. The molecule has 0 saturated carbocycles. The highest BCUT2D eigenvalue weighted by Gasteiger charge is 2.54. The van der Waals surface area contributed by atoms with Crippen molar-refractivity contribution in [2.75, 3.05) is 19.1 Å². The average Bonchev–Trinajstić information content (AvgIpc) is 3.29. The first kappa shape index (κ1) is 20.5. The second-order valence-electron chi connectivity index (χ2n) is 7.49. The van der Waals surface area contributed by atoms with Crippen LogP contribution < -0.4 is 9.64 Å². The number of carbonyl (C=O) groups is 3. The maximum absolute atomic E-state index is 13.2. The Labute approximate surface area is 179 Å². The van der Waals surface area contributed by atoms with E-state index in [9.17, 15) is 14.4 Å². The van der Waals surface area contributed by atoms with E-state index in [0.717, 1.165) is 11.1 Å². The molecule has 2 heterocycles. The summed E-state index contributed by atoms with van der Waals surface area (Å²) in [5, 5.41) is 9.59. The van der Waals surface area contributed by atoms with Crippen LogP contribution in [0.1, 0.15) is 27.0 Å². The predicted octanol–water partition coefficient (Wildman–Crippen LogP) is 2.59. The van der Waals surface area contributed by atoms with Crippen molar-refractivity contribution in [3.05, 3.63) is 58.7 Å². The van der Waals surface area contributed by atoms with Crippen molar-refractivity contribution in [1.29, 1.82) is 0 Å². The van der Waals surface area contributed by atoms with E-state index in [0.29, 0.717) is 22.6 Å². The first-order chi connectivity index (χ1) is 14.8. The number of aryl methyl sites for hydroxylation is 2. The van der Waals surface area contributed by atoms with E-state index in [1.54, 1.807) is 24.3 Å². The Morgan fingerprint density at radius 2 is 1.81 bits per heavy atom. The van der Waals surface area contributed by atoms with E-state index in [2.05, 4.69) is 10.3 Å². The summed E-state index contributed by atoms with van der Waals surface area (Å²) in [6, 6.07) is 8.56. The monoisotopic (exact) mass is 422 g/mol. The molecule has 31 heavy (non-hydrogen) atoms. The fourth-order valence-corrected chi connectivity index (χ4v) is 3.79. The predicted molar refractivity (Wildman–Crippen MR) is 111 cm³/mol. The van der Waals surface area contributed by atoms with Gasteiger partial charge in [0.1, 0.15) is 5.75 Å². The number of carbonyl (C=O) groups excluding carboxylic acids is 3. The van der Waals surface area contributed by atoms with Crippen molar-refractivity contribution in [2.24, 2.45) is 10.3 Å². The molecule has 9 heteroatoms. The third kappa shape index (κ3) is 3.41. The van der Waals surface area contributed by atoms with Gasteiger partial charge in [-0.05, 0) is 55.3 Å². The Balaban J connectivity index is 1.63. The van der Waals surface area contributed by atoms with Crippen LogP contribution in [0.4, 0.5) is 5.69 Å². The first-order valence-corrected chi connectivity index (χ1v) is 9.73. The van der Waals surface area contributed by atoms with Crippen LogP contribution in [0.2, 0.25) is 0 Å². The third-order valence-corrected chi connectivity index (χ3v) is 5.64. The molecule has 0 N–H and O–H groups in total. The summed E-state index contributed by atoms with van der Waals surface area (Å²) in [7, 11) is 2.81. The number of benzene rings is 2. The Morgan fingerprint density at radius 1 is 1.03 bits per heavy atom. The molecule has 4 rings (SSSR count). The van der Waals surface area contributed by atoms with Gasteiger partial charge in [0.2, 0.25) is 0 Å². The minimum Gasteiger partial charge on any atom is -0.496 e. The second kappa shape index (κ2) is 7.82. The molecular weight excluding hydrogens is 400 g/mol. The van der Waals surface area contributed by atoms with Crippen LogP contribution in [0.3, 0.4) is 0 Å². The summed E-state index contributed by atoms with van der Waals surface area (Å²) in [6.07, 6.45) is 0. The molecule has 2 atom stereocenters. The highest BCUT2D eigenvalue weighted by atomic mass is 16.5. The van der Waals surface area contributed by atoms with Gasteiger partial charge >= 0.3 is 5.97 Å². The summed E-state index contributed by atoms with van der Waals surface area (Å²) < 4.78 is 10.2. The van der Waals surface area contributed by atoms with Crippen molar-refractivity contribution in [3.63, 3.8) is 0 Å². The van der Waals surface area contributed by atoms with Crippen LogP contribution >= 0.6 is 0 Å². The SMILES string of the molecule is COC(=O)c1ccc(OC)c(CN2N=N[C@H]3C(=O)N(c4ccc(C)c(C)c4)C(=O)[C@H]32)c1. The third-order valence-electron chi connectivity index (χ3n) is 5.64. The molecule has 2 aliphatic rings. The summed E-state index contributed by atoms with van der Waals surface area (Å²) in [5.74, 6) is -0.752. The number of ether oxygens (including phenoxy) is 2. The molecule has 2 aromatic rings. The standard InChI is InChI=1S/C22H22N4O5/c1-12-5-7-16(9-13(12)2)26-20(27)18-19(21(26)28)25(24-23-18)11-15-10-14(22(29)31-4)6-8-17(15)30-3/h5-10,18-19H,11H2,1-4H3/t18-,19+/m1/s1.